The first kappa shape index (κ1) is 18.4. The molecule has 6 heteroatoms. The summed E-state index contributed by atoms with van der Waals surface area (Å²) in [5, 5.41) is 19.8. The van der Waals surface area contributed by atoms with Crippen molar-refractivity contribution in [1.29, 1.82) is 5.26 Å². The highest BCUT2D eigenvalue weighted by atomic mass is 19.1. The molecule has 0 bridgehead atoms. The molecule has 5 nitrogen and oxygen atoms in total. The van der Waals surface area contributed by atoms with Gasteiger partial charge >= 0.3 is 0 Å². The molecule has 0 unspecified atom stereocenters. The van der Waals surface area contributed by atoms with Crippen molar-refractivity contribution in [3.05, 3.63) is 62.7 Å². The smallest absolute Gasteiger partial charge is 0.271 e. The normalized spacial score (nSPS) is 10.5. The van der Waals surface area contributed by atoms with Gasteiger partial charge in [0.1, 0.15) is 17.4 Å². The lowest BCUT2D eigenvalue weighted by atomic mass is 9.98. The number of carbonyl (C=O) groups is 1. The minimum atomic E-state index is -0.672. The first-order valence-electron chi connectivity index (χ1n) is 8.04. The van der Waals surface area contributed by atoms with Crippen LogP contribution >= 0.6 is 0 Å². The maximum atomic E-state index is 13.0. The number of hydrogen-bond donors (Lipinski definition) is 1. The third-order valence-electron chi connectivity index (χ3n) is 4.09. The zero-order chi connectivity index (χ0) is 18.6. The van der Waals surface area contributed by atoms with E-state index in [-0.39, 0.29) is 35.4 Å². The Bertz CT molecular complexity index is 893. The summed E-state index contributed by atoms with van der Waals surface area (Å²) in [7, 11) is 0. The average Bonchev–Trinajstić information content (AvgIpc) is 2.59. The van der Waals surface area contributed by atoms with Crippen molar-refractivity contribution in [1.82, 2.24) is 4.57 Å². The summed E-state index contributed by atoms with van der Waals surface area (Å²) in [5.74, 6) is -1.18. The lowest BCUT2D eigenvalue weighted by molar-refractivity contribution is 0.0975. The number of unbranched alkanes of at least 4 members (excludes halogenated alkanes) is 1. The number of ketones is 1. The van der Waals surface area contributed by atoms with Crippen LogP contribution in [-0.4, -0.2) is 15.5 Å². The summed E-state index contributed by atoms with van der Waals surface area (Å²) < 4.78 is 14.0. The molecule has 0 aliphatic rings. The van der Waals surface area contributed by atoms with E-state index in [0.717, 1.165) is 11.0 Å². The number of nitrogens with zero attached hydrogens (tertiary/aromatic N) is 2. The summed E-state index contributed by atoms with van der Waals surface area (Å²) in [6.45, 7) is 3.37. The predicted molar refractivity (Wildman–Crippen MR) is 91.2 cm³/mol. The Balaban J connectivity index is 2.59. The van der Waals surface area contributed by atoms with E-state index in [1.807, 2.05) is 13.0 Å². The monoisotopic (exact) mass is 342 g/mol. The van der Waals surface area contributed by atoms with Gasteiger partial charge < -0.3 is 5.11 Å². The molecular weight excluding hydrogens is 323 g/mol. The summed E-state index contributed by atoms with van der Waals surface area (Å²) in [4.78, 5) is 24.9. The van der Waals surface area contributed by atoms with E-state index in [1.54, 1.807) is 0 Å². The molecule has 2 aromatic rings. The zero-order valence-corrected chi connectivity index (χ0v) is 14.2. The van der Waals surface area contributed by atoms with E-state index in [4.69, 9.17) is 0 Å². The second-order valence-electron chi connectivity index (χ2n) is 5.85. The van der Waals surface area contributed by atoms with Crippen molar-refractivity contribution in [2.75, 3.05) is 0 Å². The molecule has 130 valence electrons. The standard InChI is InChI=1S/C19H19FN2O3/c1-3-4-5-16(23)17-12(2)15(10-21)18(24)22(19(17)25)11-13-6-8-14(20)9-7-13/h6-9,25H,3-5,11H2,1-2H3. The molecular formula is C19H19FN2O3. The minimum Gasteiger partial charge on any atom is -0.494 e. The van der Waals surface area contributed by atoms with Crippen LogP contribution < -0.4 is 5.56 Å². The quantitative estimate of drug-likeness (QED) is 0.817. The number of pyridine rings is 1. The van der Waals surface area contributed by atoms with Gasteiger partial charge in [-0.2, -0.15) is 5.26 Å². The molecule has 0 radical (unpaired) electrons. The number of carbonyl (C=O) groups excluding carboxylic acids is 1. The van der Waals surface area contributed by atoms with Gasteiger partial charge in [-0.3, -0.25) is 14.2 Å². The number of Topliss-reactive ketones (excluding diaryl/α,β-unsaturated/α-hetero) is 1. The Kier molecular flexibility index (Phi) is 5.71. The van der Waals surface area contributed by atoms with Gasteiger partial charge in [-0.15, -0.1) is 0 Å². The van der Waals surface area contributed by atoms with Crippen molar-refractivity contribution < 1.29 is 14.3 Å². The number of aromatic nitrogens is 1. The number of halogens is 1. The largest absolute Gasteiger partial charge is 0.494 e. The third kappa shape index (κ3) is 3.77. The van der Waals surface area contributed by atoms with Gasteiger partial charge in [0, 0.05) is 6.42 Å². The highest BCUT2D eigenvalue weighted by molar-refractivity contribution is 6.00. The Hall–Kier alpha value is -2.94. The highest BCUT2D eigenvalue weighted by Gasteiger charge is 2.23. The van der Waals surface area contributed by atoms with Crippen LogP contribution in [0, 0.1) is 24.1 Å². The van der Waals surface area contributed by atoms with Crippen molar-refractivity contribution in [3.63, 3.8) is 0 Å². The highest BCUT2D eigenvalue weighted by Crippen LogP contribution is 2.24. The maximum Gasteiger partial charge on any atom is 0.271 e. The topological polar surface area (TPSA) is 83.1 Å². The van der Waals surface area contributed by atoms with Crippen LogP contribution in [0.25, 0.3) is 0 Å². The SMILES string of the molecule is CCCCC(=O)c1c(C)c(C#N)c(=O)n(Cc2ccc(F)cc2)c1O. The predicted octanol–water partition coefficient (Wildman–Crippen LogP) is 3.29. The van der Waals surface area contributed by atoms with E-state index in [1.165, 1.54) is 31.2 Å². The molecule has 0 spiro atoms. The molecule has 0 fully saturated rings. The van der Waals surface area contributed by atoms with E-state index >= 15 is 0 Å². The second kappa shape index (κ2) is 7.75. The van der Waals surface area contributed by atoms with Crippen LogP contribution in [0.4, 0.5) is 4.39 Å². The molecule has 0 amide bonds. The van der Waals surface area contributed by atoms with Gasteiger partial charge in [-0.1, -0.05) is 25.5 Å². The molecule has 0 saturated heterocycles. The van der Waals surface area contributed by atoms with Crippen molar-refractivity contribution >= 4 is 5.78 Å². The lowest BCUT2D eigenvalue weighted by Gasteiger charge is -2.15. The first-order valence-corrected chi connectivity index (χ1v) is 8.04. The molecule has 1 aromatic carbocycles. The van der Waals surface area contributed by atoms with E-state index in [0.29, 0.717) is 12.0 Å². The van der Waals surface area contributed by atoms with Gasteiger partial charge in [-0.05, 0) is 36.6 Å². The Morgan fingerprint density at radius 1 is 1.32 bits per heavy atom. The molecule has 0 atom stereocenters. The Morgan fingerprint density at radius 3 is 2.52 bits per heavy atom. The number of benzene rings is 1. The van der Waals surface area contributed by atoms with Gasteiger partial charge in [0.2, 0.25) is 5.88 Å². The molecule has 0 aliphatic heterocycles. The number of nitriles is 1. The number of aromatic hydroxyl groups is 1. The molecule has 1 aromatic heterocycles. The van der Waals surface area contributed by atoms with Gasteiger partial charge in [-0.25, -0.2) is 4.39 Å². The van der Waals surface area contributed by atoms with Gasteiger partial charge in [0.05, 0.1) is 12.1 Å². The molecule has 1 heterocycles. The van der Waals surface area contributed by atoms with Crippen LogP contribution in [0.3, 0.4) is 0 Å². The summed E-state index contributed by atoms with van der Waals surface area (Å²) in [6, 6.07) is 7.26. The van der Waals surface area contributed by atoms with Crippen LogP contribution in [0.5, 0.6) is 5.88 Å². The van der Waals surface area contributed by atoms with Crippen LogP contribution in [0.15, 0.2) is 29.1 Å². The fourth-order valence-corrected chi connectivity index (χ4v) is 2.67. The molecule has 2 rings (SSSR count). The third-order valence-corrected chi connectivity index (χ3v) is 4.09. The maximum absolute atomic E-state index is 13.0. The summed E-state index contributed by atoms with van der Waals surface area (Å²) >= 11 is 0. The minimum absolute atomic E-state index is 0.00621. The Labute approximate surface area is 145 Å². The second-order valence-corrected chi connectivity index (χ2v) is 5.85. The summed E-state index contributed by atoms with van der Waals surface area (Å²) in [6.07, 6.45) is 1.69. The first-order chi connectivity index (χ1) is 11.9. The number of hydrogen-bond acceptors (Lipinski definition) is 4. The Morgan fingerprint density at radius 2 is 1.96 bits per heavy atom. The van der Waals surface area contributed by atoms with Crippen molar-refractivity contribution in [2.45, 2.75) is 39.7 Å². The van der Waals surface area contributed by atoms with Crippen LogP contribution in [-0.2, 0) is 6.54 Å². The average molecular weight is 342 g/mol. The van der Waals surface area contributed by atoms with Crippen molar-refractivity contribution in [2.24, 2.45) is 0 Å². The van der Waals surface area contributed by atoms with E-state index in [2.05, 4.69) is 0 Å². The fraction of sp³-hybridized carbons (Fsp3) is 0.316. The summed E-state index contributed by atoms with van der Waals surface area (Å²) in [5.41, 5.74) is -0.0692. The van der Waals surface area contributed by atoms with Gasteiger partial charge in [0.15, 0.2) is 5.78 Å². The number of rotatable bonds is 6. The zero-order valence-electron chi connectivity index (χ0n) is 14.2. The fourth-order valence-electron chi connectivity index (χ4n) is 2.67. The van der Waals surface area contributed by atoms with E-state index in [9.17, 15) is 24.3 Å². The lowest BCUT2D eigenvalue weighted by Crippen LogP contribution is -2.27. The molecule has 25 heavy (non-hydrogen) atoms. The van der Waals surface area contributed by atoms with Crippen molar-refractivity contribution in [3.8, 4) is 11.9 Å². The molecule has 0 saturated carbocycles. The van der Waals surface area contributed by atoms with Gasteiger partial charge in [0.25, 0.3) is 5.56 Å². The van der Waals surface area contributed by atoms with E-state index < -0.39 is 17.3 Å². The van der Waals surface area contributed by atoms with Crippen LogP contribution in [0.2, 0.25) is 0 Å². The molecule has 1 N–H and O–H groups in total. The van der Waals surface area contributed by atoms with Crippen LogP contribution in [0.1, 0.15) is 53.2 Å². The molecule has 0 aliphatic carbocycles.